The zero-order chi connectivity index (χ0) is 20.6. The third-order valence-corrected chi connectivity index (χ3v) is 4.75. The Hall–Kier alpha value is -2.36. The fourth-order valence-corrected chi connectivity index (χ4v) is 3.29. The molecular weight excluding hydrogens is 378 g/mol. The molecule has 0 aromatic heterocycles. The highest BCUT2D eigenvalue weighted by Crippen LogP contribution is 2.29. The second-order valence-electron chi connectivity index (χ2n) is 6.81. The van der Waals surface area contributed by atoms with Gasteiger partial charge in [0.1, 0.15) is 18.3 Å². The van der Waals surface area contributed by atoms with Crippen molar-refractivity contribution in [3.8, 4) is 0 Å². The van der Waals surface area contributed by atoms with E-state index in [1.54, 1.807) is 0 Å². The lowest BCUT2D eigenvalue weighted by atomic mass is 10.0. The van der Waals surface area contributed by atoms with E-state index in [0.717, 1.165) is 11.1 Å². The number of ether oxygens (including phenoxy) is 4. The Bertz CT molecular complexity index is 758. The molecule has 1 heterocycles. The normalized spacial score (nSPS) is 25.0. The Morgan fingerprint density at radius 3 is 2.21 bits per heavy atom. The number of hydrogen-bond donors (Lipinski definition) is 1. The van der Waals surface area contributed by atoms with Crippen molar-refractivity contribution in [2.45, 2.75) is 43.9 Å². The van der Waals surface area contributed by atoms with Crippen LogP contribution in [0.1, 0.15) is 11.1 Å². The van der Waals surface area contributed by atoms with Gasteiger partial charge in [0, 0.05) is 12.0 Å². The average molecular weight is 403 g/mol. The first-order valence-electron chi connectivity index (χ1n) is 9.37. The van der Waals surface area contributed by atoms with E-state index in [2.05, 4.69) is 0 Å². The molecule has 29 heavy (non-hydrogen) atoms. The second kappa shape index (κ2) is 10.4. The molecule has 1 N–H and O–H groups in total. The molecule has 0 amide bonds. The van der Waals surface area contributed by atoms with Gasteiger partial charge in [0.25, 0.3) is 0 Å². The summed E-state index contributed by atoms with van der Waals surface area (Å²) >= 11 is 0. The minimum atomic E-state index is -1.09. The van der Waals surface area contributed by atoms with Gasteiger partial charge in [0.2, 0.25) is 6.54 Å². The van der Waals surface area contributed by atoms with Crippen LogP contribution in [0.3, 0.4) is 0 Å². The molecule has 1 fully saturated rings. The van der Waals surface area contributed by atoms with Crippen LogP contribution in [-0.2, 0) is 32.2 Å². The monoisotopic (exact) mass is 403 g/mol. The summed E-state index contributed by atoms with van der Waals surface area (Å²) in [6.07, 6.45) is -4.65. The van der Waals surface area contributed by atoms with Gasteiger partial charge in [-0.15, -0.1) is 0 Å². The molecule has 0 unspecified atom stereocenters. The van der Waals surface area contributed by atoms with E-state index < -0.39 is 42.2 Å². The average Bonchev–Trinajstić information content (AvgIpc) is 3.06. The third kappa shape index (κ3) is 5.81. The fraction of sp³-hybridized carbons (Fsp3) is 0.429. The second-order valence-corrected chi connectivity index (χ2v) is 6.81. The number of rotatable bonds is 10. The minimum absolute atomic E-state index is 0.179. The van der Waals surface area contributed by atoms with Gasteiger partial charge in [0.15, 0.2) is 12.4 Å². The van der Waals surface area contributed by atoms with E-state index in [9.17, 15) is 15.2 Å². The molecule has 2 aromatic rings. The molecule has 8 nitrogen and oxygen atoms in total. The number of benzene rings is 2. The SMILES string of the molecule is CO[C@H]1O[C@H]([C@@H](C[N+](=O)[O-])OCc2ccccc2)[C@H](OCc2ccccc2)[C@H]1O. The van der Waals surface area contributed by atoms with Crippen molar-refractivity contribution in [3.05, 3.63) is 81.9 Å². The Kier molecular flexibility index (Phi) is 7.68. The zero-order valence-electron chi connectivity index (χ0n) is 16.1. The standard InChI is InChI=1S/C21H25NO7/c1-26-21-18(23)20(28-14-16-10-6-3-7-11-16)19(29-21)17(12-22(24)25)27-13-15-8-4-2-5-9-15/h2-11,17-21,23H,12-14H2,1H3/t17-,18-,19-,20-,21+/m1/s1. The Balaban J connectivity index is 1.73. The van der Waals surface area contributed by atoms with Crippen LogP contribution in [0.2, 0.25) is 0 Å². The van der Waals surface area contributed by atoms with Gasteiger partial charge in [-0.25, -0.2) is 0 Å². The number of aliphatic hydroxyl groups excluding tert-OH is 1. The molecule has 1 aliphatic heterocycles. The van der Waals surface area contributed by atoms with Crippen LogP contribution in [0.25, 0.3) is 0 Å². The predicted octanol–water partition coefficient (Wildman–Crippen LogP) is 2.17. The van der Waals surface area contributed by atoms with Gasteiger partial charge < -0.3 is 24.1 Å². The van der Waals surface area contributed by atoms with Gasteiger partial charge in [-0.1, -0.05) is 60.7 Å². The largest absolute Gasteiger partial charge is 0.385 e. The number of methoxy groups -OCH3 is 1. The molecule has 0 radical (unpaired) electrons. The number of aliphatic hydroxyl groups is 1. The van der Waals surface area contributed by atoms with Crippen molar-refractivity contribution in [2.24, 2.45) is 0 Å². The Morgan fingerprint density at radius 2 is 1.66 bits per heavy atom. The molecule has 1 aliphatic rings. The molecule has 0 aliphatic carbocycles. The van der Waals surface area contributed by atoms with E-state index in [0.29, 0.717) is 0 Å². The van der Waals surface area contributed by atoms with Gasteiger partial charge in [-0.2, -0.15) is 0 Å². The van der Waals surface area contributed by atoms with Crippen LogP contribution in [-0.4, -0.2) is 54.4 Å². The van der Waals surface area contributed by atoms with Gasteiger partial charge in [0.05, 0.1) is 13.2 Å². The van der Waals surface area contributed by atoms with Crippen molar-refractivity contribution in [1.29, 1.82) is 0 Å². The van der Waals surface area contributed by atoms with E-state index in [4.69, 9.17) is 18.9 Å². The van der Waals surface area contributed by atoms with E-state index >= 15 is 0 Å². The summed E-state index contributed by atoms with van der Waals surface area (Å²) in [6, 6.07) is 18.8. The lowest BCUT2D eigenvalue weighted by Gasteiger charge is -2.26. The van der Waals surface area contributed by atoms with Gasteiger partial charge >= 0.3 is 0 Å². The zero-order valence-corrected chi connectivity index (χ0v) is 16.1. The van der Waals surface area contributed by atoms with Gasteiger partial charge in [-0.05, 0) is 11.1 Å². The molecule has 1 saturated heterocycles. The van der Waals surface area contributed by atoms with Crippen LogP contribution in [0, 0.1) is 10.1 Å². The highest BCUT2D eigenvalue weighted by atomic mass is 16.7. The maximum Gasteiger partial charge on any atom is 0.232 e. The topological polar surface area (TPSA) is 100 Å². The molecular formula is C21H25NO7. The summed E-state index contributed by atoms with van der Waals surface area (Å²) in [6.45, 7) is -0.0765. The van der Waals surface area contributed by atoms with E-state index in [1.165, 1.54) is 7.11 Å². The first-order valence-corrected chi connectivity index (χ1v) is 9.37. The lowest BCUT2D eigenvalue weighted by molar-refractivity contribution is -0.495. The summed E-state index contributed by atoms with van der Waals surface area (Å²) in [4.78, 5) is 10.8. The summed E-state index contributed by atoms with van der Waals surface area (Å²) in [5.74, 6) is 0. The van der Waals surface area contributed by atoms with Crippen molar-refractivity contribution in [2.75, 3.05) is 13.7 Å². The van der Waals surface area contributed by atoms with Crippen molar-refractivity contribution >= 4 is 0 Å². The van der Waals surface area contributed by atoms with Crippen LogP contribution in [0.5, 0.6) is 0 Å². The van der Waals surface area contributed by atoms with Crippen LogP contribution < -0.4 is 0 Å². The molecule has 2 aromatic carbocycles. The summed E-state index contributed by atoms with van der Waals surface area (Å²) in [5.41, 5.74) is 1.79. The highest BCUT2D eigenvalue weighted by Gasteiger charge is 2.50. The Morgan fingerprint density at radius 1 is 1.07 bits per heavy atom. The third-order valence-electron chi connectivity index (χ3n) is 4.75. The molecule has 0 saturated carbocycles. The predicted molar refractivity (Wildman–Crippen MR) is 104 cm³/mol. The molecule has 5 atom stereocenters. The van der Waals surface area contributed by atoms with Crippen LogP contribution in [0.15, 0.2) is 60.7 Å². The first kappa shape index (κ1) is 21.4. The molecule has 0 spiro atoms. The Labute approximate surface area is 169 Å². The maximum absolute atomic E-state index is 11.2. The summed E-state index contributed by atoms with van der Waals surface area (Å²) in [5, 5.41) is 21.8. The molecule has 3 rings (SSSR count). The maximum atomic E-state index is 11.2. The first-order chi connectivity index (χ1) is 14.1. The van der Waals surface area contributed by atoms with Crippen LogP contribution >= 0.6 is 0 Å². The van der Waals surface area contributed by atoms with Crippen molar-refractivity contribution in [3.63, 3.8) is 0 Å². The molecule has 0 bridgehead atoms. The van der Waals surface area contributed by atoms with E-state index in [1.807, 2.05) is 60.7 Å². The summed E-state index contributed by atoms with van der Waals surface area (Å²) < 4.78 is 22.7. The highest BCUT2D eigenvalue weighted by molar-refractivity contribution is 5.14. The quantitative estimate of drug-likeness (QED) is 0.479. The smallest absolute Gasteiger partial charge is 0.232 e. The van der Waals surface area contributed by atoms with Gasteiger partial charge in [-0.3, -0.25) is 10.1 Å². The van der Waals surface area contributed by atoms with Crippen molar-refractivity contribution < 1.29 is 29.0 Å². The molecule has 156 valence electrons. The number of nitrogens with zero attached hydrogens (tertiary/aromatic N) is 1. The molecule has 8 heteroatoms. The minimum Gasteiger partial charge on any atom is -0.385 e. The van der Waals surface area contributed by atoms with Crippen LogP contribution in [0.4, 0.5) is 0 Å². The van der Waals surface area contributed by atoms with Crippen molar-refractivity contribution in [1.82, 2.24) is 0 Å². The number of hydrogen-bond acceptors (Lipinski definition) is 7. The van der Waals surface area contributed by atoms with E-state index in [-0.39, 0.29) is 13.2 Å². The lowest BCUT2D eigenvalue weighted by Crippen LogP contribution is -2.45. The fourth-order valence-electron chi connectivity index (χ4n) is 3.29. The summed E-state index contributed by atoms with van der Waals surface area (Å²) in [7, 11) is 1.40. The number of nitro groups is 1.